The summed E-state index contributed by atoms with van der Waals surface area (Å²) in [5.41, 5.74) is -1.55. The number of ether oxygens (including phenoxy) is 1. The van der Waals surface area contributed by atoms with E-state index in [-0.39, 0.29) is 35.6 Å². The van der Waals surface area contributed by atoms with E-state index in [1.54, 1.807) is 39.5 Å². The quantitative estimate of drug-likeness (QED) is 0.109. The molecule has 3 fully saturated rings. The highest BCUT2D eigenvalue weighted by Crippen LogP contribution is 2.65. The number of hydrogen-bond acceptors (Lipinski definition) is 8. The fourth-order valence-corrected chi connectivity index (χ4v) is 6.60. The number of likely N-dealkylation sites (tertiary alicyclic amines) is 1. The van der Waals surface area contributed by atoms with Gasteiger partial charge in [-0.3, -0.25) is 19.3 Å². The van der Waals surface area contributed by atoms with Gasteiger partial charge in [0.2, 0.25) is 11.7 Å². The van der Waals surface area contributed by atoms with Crippen LogP contribution in [0.4, 0.5) is 4.79 Å². The van der Waals surface area contributed by atoms with Crippen LogP contribution in [0.25, 0.3) is 0 Å². The third kappa shape index (κ3) is 9.08. The first kappa shape index (κ1) is 37.5. The van der Waals surface area contributed by atoms with Gasteiger partial charge in [-0.25, -0.2) is 9.59 Å². The van der Waals surface area contributed by atoms with Crippen LogP contribution >= 0.6 is 0 Å². The molecule has 46 heavy (non-hydrogen) atoms. The summed E-state index contributed by atoms with van der Waals surface area (Å²) < 4.78 is 5.51. The molecule has 2 unspecified atom stereocenters. The van der Waals surface area contributed by atoms with Gasteiger partial charge in [0.25, 0.3) is 5.91 Å². The highest BCUT2D eigenvalue weighted by Gasteiger charge is 2.69. The Balaban J connectivity index is 1.81. The minimum atomic E-state index is -1.27. The standard InChI is InChI=1S/C34H57N5O7/c1-12-15-35-28(42)25(40)21(16-19-13-14-19)36-27(41)24-22-20(34(22,10)11)17-39(24)29(43)26(32(4,5)6)38-31(45)37-23(18(2)3)30(44)46-33(7,8)9/h12,18-24,26,29,43H,1,13-17H2,2-11H3,(H,35,42)(H,36,41)(H2,37,38,45)/t20-,21?,22-,23-,24-,26+,29?/m0/s1. The molecule has 5 N–H and O–H groups in total. The van der Waals surface area contributed by atoms with Crippen molar-refractivity contribution in [3.63, 3.8) is 0 Å². The van der Waals surface area contributed by atoms with E-state index in [2.05, 4.69) is 41.7 Å². The van der Waals surface area contributed by atoms with Crippen LogP contribution in [0.15, 0.2) is 12.7 Å². The molecular weight excluding hydrogens is 590 g/mol. The van der Waals surface area contributed by atoms with Crippen molar-refractivity contribution in [2.45, 2.75) is 124 Å². The number of fused-ring (bicyclic) bond motifs is 1. The van der Waals surface area contributed by atoms with Crippen LogP contribution in [-0.4, -0.2) is 88.7 Å². The van der Waals surface area contributed by atoms with Crippen molar-refractivity contribution in [2.24, 2.45) is 34.5 Å². The molecule has 12 heteroatoms. The van der Waals surface area contributed by atoms with Gasteiger partial charge in [0, 0.05) is 13.1 Å². The lowest BCUT2D eigenvalue weighted by Gasteiger charge is -2.42. The van der Waals surface area contributed by atoms with Gasteiger partial charge < -0.3 is 31.1 Å². The van der Waals surface area contributed by atoms with Gasteiger partial charge in [-0.1, -0.05) is 67.4 Å². The SMILES string of the molecule is C=CCNC(=O)C(=O)C(CC1CC1)NC(=O)[C@@H]1[C@@H]2[C@H](CN1C(O)[C@@H](NC(=O)N[C@H](C(=O)OC(C)(C)C)C(C)C)C(C)(C)C)C2(C)C. The fourth-order valence-electron chi connectivity index (χ4n) is 6.60. The molecule has 7 atom stereocenters. The zero-order valence-corrected chi connectivity index (χ0v) is 29.4. The van der Waals surface area contributed by atoms with E-state index < -0.39 is 71.0 Å². The summed E-state index contributed by atoms with van der Waals surface area (Å²) in [6.07, 6.45) is 2.46. The number of urea groups is 1. The van der Waals surface area contributed by atoms with Gasteiger partial charge in [0.15, 0.2) is 0 Å². The number of amides is 4. The van der Waals surface area contributed by atoms with Crippen molar-refractivity contribution in [3.05, 3.63) is 12.7 Å². The van der Waals surface area contributed by atoms with Crippen molar-refractivity contribution in [1.29, 1.82) is 0 Å². The Hall–Kier alpha value is -2.99. The molecule has 0 radical (unpaired) electrons. The number of ketones is 1. The van der Waals surface area contributed by atoms with Gasteiger partial charge in [-0.2, -0.15) is 0 Å². The number of carbonyl (C=O) groups excluding carboxylic acids is 5. The number of nitrogens with zero attached hydrogens (tertiary/aromatic N) is 1. The first-order chi connectivity index (χ1) is 21.1. The van der Waals surface area contributed by atoms with Crippen LogP contribution in [0.1, 0.15) is 88.5 Å². The van der Waals surface area contributed by atoms with E-state index in [9.17, 15) is 29.1 Å². The highest BCUT2D eigenvalue weighted by atomic mass is 16.6. The molecule has 1 heterocycles. The molecule has 0 bridgehead atoms. The van der Waals surface area contributed by atoms with Crippen molar-refractivity contribution >= 4 is 29.6 Å². The predicted molar refractivity (Wildman–Crippen MR) is 174 cm³/mol. The Kier molecular flexibility index (Phi) is 11.4. The number of aliphatic hydroxyl groups excluding tert-OH is 1. The Bertz CT molecular complexity index is 1180. The molecule has 0 aromatic rings. The Morgan fingerprint density at radius 3 is 2.13 bits per heavy atom. The number of aliphatic hydroxyl groups is 1. The molecule has 12 nitrogen and oxygen atoms in total. The average molecular weight is 648 g/mol. The molecule has 1 aliphatic heterocycles. The smallest absolute Gasteiger partial charge is 0.329 e. The molecule has 0 aromatic heterocycles. The lowest BCUT2D eigenvalue weighted by Crippen LogP contribution is -2.64. The monoisotopic (exact) mass is 647 g/mol. The molecule has 1 saturated heterocycles. The van der Waals surface area contributed by atoms with E-state index in [4.69, 9.17) is 4.74 Å². The molecule has 2 saturated carbocycles. The van der Waals surface area contributed by atoms with E-state index in [1.807, 2.05) is 20.8 Å². The topological polar surface area (TPSA) is 166 Å². The minimum absolute atomic E-state index is 0.0830. The molecule has 4 amide bonds. The van der Waals surface area contributed by atoms with E-state index in [0.717, 1.165) is 12.8 Å². The van der Waals surface area contributed by atoms with Crippen LogP contribution in [0, 0.1) is 34.5 Å². The van der Waals surface area contributed by atoms with Crippen molar-refractivity contribution in [3.8, 4) is 0 Å². The summed E-state index contributed by atoms with van der Waals surface area (Å²) in [5, 5.41) is 22.9. The van der Waals surface area contributed by atoms with Crippen LogP contribution in [0.2, 0.25) is 0 Å². The van der Waals surface area contributed by atoms with Crippen molar-refractivity contribution in [1.82, 2.24) is 26.2 Å². The molecule has 3 aliphatic rings. The van der Waals surface area contributed by atoms with Crippen molar-refractivity contribution < 1.29 is 33.8 Å². The zero-order valence-electron chi connectivity index (χ0n) is 29.4. The minimum Gasteiger partial charge on any atom is -0.458 e. The second-order valence-electron chi connectivity index (χ2n) is 16.3. The first-order valence-corrected chi connectivity index (χ1v) is 16.6. The van der Waals surface area contributed by atoms with E-state index in [0.29, 0.717) is 13.0 Å². The van der Waals surface area contributed by atoms with E-state index in [1.165, 1.54) is 6.08 Å². The third-order valence-electron chi connectivity index (χ3n) is 9.51. The summed E-state index contributed by atoms with van der Waals surface area (Å²) >= 11 is 0. The normalized spacial score (nSPS) is 24.9. The lowest BCUT2D eigenvalue weighted by molar-refractivity contribution is -0.158. The largest absolute Gasteiger partial charge is 0.458 e. The summed E-state index contributed by atoms with van der Waals surface area (Å²) in [4.78, 5) is 67.6. The van der Waals surface area contributed by atoms with Crippen LogP contribution in [0.3, 0.4) is 0 Å². The first-order valence-electron chi connectivity index (χ1n) is 16.6. The maximum Gasteiger partial charge on any atom is 0.329 e. The second kappa shape index (κ2) is 14.0. The number of nitrogens with one attached hydrogen (secondary N) is 4. The second-order valence-corrected chi connectivity index (χ2v) is 16.3. The van der Waals surface area contributed by atoms with Gasteiger partial charge >= 0.3 is 12.0 Å². The molecule has 2 aliphatic carbocycles. The van der Waals surface area contributed by atoms with Crippen LogP contribution in [0.5, 0.6) is 0 Å². The number of hydrogen-bond donors (Lipinski definition) is 5. The molecule has 0 spiro atoms. The van der Waals surface area contributed by atoms with Gasteiger partial charge in [-0.15, -0.1) is 6.58 Å². The van der Waals surface area contributed by atoms with Gasteiger partial charge in [0.05, 0.1) is 18.1 Å². The molecule has 260 valence electrons. The molecule has 3 rings (SSSR count). The van der Waals surface area contributed by atoms with Gasteiger partial charge in [-0.05, 0) is 61.7 Å². The fraction of sp³-hybridized carbons (Fsp3) is 0.794. The summed E-state index contributed by atoms with van der Waals surface area (Å²) in [6, 6.07) is -4.16. The number of Topliss-reactive ketones (excluding diaryl/α,β-unsaturated/α-hetero) is 1. The lowest BCUT2D eigenvalue weighted by atomic mass is 9.84. The number of esters is 1. The summed E-state index contributed by atoms with van der Waals surface area (Å²) in [5.74, 6) is -2.40. The average Bonchev–Trinajstić information content (AvgIpc) is 3.77. The zero-order chi connectivity index (χ0) is 34.9. The van der Waals surface area contributed by atoms with Crippen LogP contribution < -0.4 is 21.3 Å². The summed E-state index contributed by atoms with van der Waals surface area (Å²) in [6.45, 7) is 22.8. The Labute approximate surface area is 274 Å². The van der Waals surface area contributed by atoms with Gasteiger partial charge in [0.1, 0.15) is 17.9 Å². The Morgan fingerprint density at radius 1 is 1.02 bits per heavy atom. The maximum atomic E-state index is 14.0. The third-order valence-corrected chi connectivity index (χ3v) is 9.51. The van der Waals surface area contributed by atoms with Crippen LogP contribution in [-0.2, 0) is 23.9 Å². The predicted octanol–water partition coefficient (Wildman–Crippen LogP) is 2.50. The number of rotatable bonds is 14. The number of carbonyl (C=O) groups is 5. The molecular formula is C34H57N5O7. The maximum absolute atomic E-state index is 14.0. The Morgan fingerprint density at radius 2 is 1.63 bits per heavy atom. The molecule has 0 aromatic carbocycles. The summed E-state index contributed by atoms with van der Waals surface area (Å²) in [7, 11) is 0. The van der Waals surface area contributed by atoms with E-state index >= 15 is 0 Å². The van der Waals surface area contributed by atoms with Crippen molar-refractivity contribution in [2.75, 3.05) is 13.1 Å². The number of piperidine rings is 1. The highest BCUT2D eigenvalue weighted by molar-refractivity contribution is 6.38.